The molecule has 2 N–H and O–H groups in total. The molecule has 19 heavy (non-hydrogen) atoms. The first-order chi connectivity index (χ1) is 9.18. The van der Waals surface area contributed by atoms with Crippen LogP contribution in [0.15, 0.2) is 41.1 Å². The van der Waals surface area contributed by atoms with Crippen LogP contribution in [-0.2, 0) is 0 Å². The Morgan fingerprint density at radius 1 is 1.37 bits per heavy atom. The van der Waals surface area contributed by atoms with Crippen molar-refractivity contribution in [3.63, 3.8) is 0 Å². The number of carbonyl (C=O) groups is 1. The summed E-state index contributed by atoms with van der Waals surface area (Å²) < 4.78 is 0. The van der Waals surface area contributed by atoms with E-state index in [9.17, 15) is 9.90 Å². The van der Waals surface area contributed by atoms with Crippen LogP contribution < -0.4 is 5.32 Å². The van der Waals surface area contributed by atoms with Crippen LogP contribution in [0.25, 0.3) is 0 Å². The van der Waals surface area contributed by atoms with Gasteiger partial charge in [-0.2, -0.15) is 11.3 Å². The van der Waals surface area contributed by atoms with E-state index in [1.807, 2.05) is 16.8 Å². The second-order valence-corrected chi connectivity index (χ2v) is 5.28. The number of aliphatic hydroxyl groups is 1. The first-order valence-electron chi connectivity index (χ1n) is 5.91. The normalized spacial score (nSPS) is 12.1. The summed E-state index contributed by atoms with van der Waals surface area (Å²) in [7, 11) is 0. The first-order valence-corrected chi connectivity index (χ1v) is 7.23. The van der Waals surface area contributed by atoms with Gasteiger partial charge in [0.15, 0.2) is 0 Å². The number of hydrogen-bond donors (Lipinski definition) is 2. The lowest BCUT2D eigenvalue weighted by Gasteiger charge is -2.10. The number of benzene rings is 1. The van der Waals surface area contributed by atoms with E-state index in [2.05, 4.69) is 5.32 Å². The fourth-order valence-electron chi connectivity index (χ4n) is 1.69. The molecule has 1 atom stereocenters. The summed E-state index contributed by atoms with van der Waals surface area (Å²) in [6.07, 6.45) is -0.0646. The molecular weight excluding hydrogens is 282 g/mol. The molecule has 0 saturated carbocycles. The van der Waals surface area contributed by atoms with E-state index in [1.54, 1.807) is 35.6 Å². The van der Waals surface area contributed by atoms with Crippen LogP contribution in [0, 0.1) is 0 Å². The lowest BCUT2D eigenvalue weighted by atomic mass is 10.1. The van der Waals surface area contributed by atoms with Crippen molar-refractivity contribution in [2.24, 2.45) is 0 Å². The third-order valence-corrected chi connectivity index (χ3v) is 3.78. The molecule has 0 bridgehead atoms. The molecule has 0 radical (unpaired) electrons. The van der Waals surface area contributed by atoms with Gasteiger partial charge in [0, 0.05) is 6.54 Å². The topological polar surface area (TPSA) is 49.3 Å². The standard InChI is InChI=1S/C14H14ClNO2S/c15-12-4-2-1-3-11(12)14(18)16-7-5-13(17)10-6-8-19-9-10/h1-4,6,8-9,13,17H,5,7H2,(H,16,18)/t13-/m1/s1. The Bertz CT molecular complexity index is 542. The number of carbonyl (C=O) groups excluding carboxylic acids is 1. The zero-order valence-electron chi connectivity index (χ0n) is 10.2. The van der Waals surface area contributed by atoms with Crippen LogP contribution >= 0.6 is 22.9 Å². The van der Waals surface area contributed by atoms with Gasteiger partial charge in [0.2, 0.25) is 0 Å². The minimum Gasteiger partial charge on any atom is -0.388 e. The zero-order valence-corrected chi connectivity index (χ0v) is 11.7. The van der Waals surface area contributed by atoms with Crippen molar-refractivity contribution >= 4 is 28.8 Å². The average Bonchev–Trinajstić information content (AvgIpc) is 2.93. The molecule has 0 fully saturated rings. The quantitative estimate of drug-likeness (QED) is 0.889. The molecule has 100 valence electrons. The Labute approximate surface area is 120 Å². The highest BCUT2D eigenvalue weighted by atomic mass is 35.5. The number of halogens is 1. The fraction of sp³-hybridized carbons (Fsp3) is 0.214. The minimum absolute atomic E-state index is 0.219. The van der Waals surface area contributed by atoms with Gasteiger partial charge >= 0.3 is 0 Å². The monoisotopic (exact) mass is 295 g/mol. The molecule has 0 aliphatic rings. The van der Waals surface area contributed by atoms with E-state index in [-0.39, 0.29) is 5.91 Å². The summed E-state index contributed by atoms with van der Waals surface area (Å²) in [5, 5.41) is 16.9. The van der Waals surface area contributed by atoms with Crippen molar-refractivity contribution in [2.75, 3.05) is 6.54 Å². The lowest BCUT2D eigenvalue weighted by molar-refractivity contribution is 0.0943. The molecule has 1 aromatic heterocycles. The number of hydrogen-bond acceptors (Lipinski definition) is 3. The Morgan fingerprint density at radius 2 is 2.16 bits per heavy atom. The predicted molar refractivity (Wildman–Crippen MR) is 77.7 cm³/mol. The van der Waals surface area contributed by atoms with Crippen molar-refractivity contribution in [3.8, 4) is 0 Å². The van der Waals surface area contributed by atoms with Gasteiger partial charge in [-0.15, -0.1) is 0 Å². The van der Waals surface area contributed by atoms with E-state index in [1.165, 1.54) is 0 Å². The highest BCUT2D eigenvalue weighted by Crippen LogP contribution is 2.19. The van der Waals surface area contributed by atoms with E-state index in [0.717, 1.165) is 5.56 Å². The van der Waals surface area contributed by atoms with Crippen LogP contribution in [0.2, 0.25) is 5.02 Å². The summed E-state index contributed by atoms with van der Waals surface area (Å²) >= 11 is 7.47. The third-order valence-electron chi connectivity index (χ3n) is 2.75. The smallest absolute Gasteiger partial charge is 0.252 e. The molecule has 1 amide bonds. The van der Waals surface area contributed by atoms with E-state index in [4.69, 9.17) is 11.6 Å². The third kappa shape index (κ3) is 3.80. The van der Waals surface area contributed by atoms with Gasteiger partial charge in [-0.25, -0.2) is 0 Å². The highest BCUT2D eigenvalue weighted by molar-refractivity contribution is 7.07. The first kappa shape index (κ1) is 14.1. The van der Waals surface area contributed by atoms with Crippen molar-refractivity contribution in [2.45, 2.75) is 12.5 Å². The van der Waals surface area contributed by atoms with Gasteiger partial charge in [0.05, 0.1) is 16.7 Å². The Balaban J connectivity index is 1.83. The highest BCUT2D eigenvalue weighted by Gasteiger charge is 2.11. The van der Waals surface area contributed by atoms with Crippen LogP contribution in [0.1, 0.15) is 28.4 Å². The largest absolute Gasteiger partial charge is 0.388 e. The summed E-state index contributed by atoms with van der Waals surface area (Å²) in [5.74, 6) is -0.219. The number of nitrogens with one attached hydrogen (secondary N) is 1. The number of rotatable bonds is 5. The van der Waals surface area contributed by atoms with Crippen molar-refractivity contribution in [1.29, 1.82) is 0 Å². The second kappa shape index (κ2) is 6.70. The molecule has 1 aromatic carbocycles. The Kier molecular flexibility index (Phi) is 4.96. The summed E-state index contributed by atoms with van der Waals surface area (Å²) in [6.45, 7) is 0.404. The second-order valence-electron chi connectivity index (χ2n) is 4.10. The van der Waals surface area contributed by atoms with Gasteiger partial charge in [0.25, 0.3) is 5.91 Å². The number of amides is 1. The molecule has 0 unspecified atom stereocenters. The van der Waals surface area contributed by atoms with Gasteiger partial charge in [-0.05, 0) is 40.9 Å². The summed E-state index contributed by atoms with van der Waals surface area (Å²) in [4.78, 5) is 11.9. The van der Waals surface area contributed by atoms with E-state index in [0.29, 0.717) is 23.6 Å². The fourth-order valence-corrected chi connectivity index (χ4v) is 2.62. The van der Waals surface area contributed by atoms with Crippen LogP contribution in [0.5, 0.6) is 0 Å². The average molecular weight is 296 g/mol. The maximum atomic E-state index is 11.9. The number of aliphatic hydroxyl groups excluding tert-OH is 1. The predicted octanol–water partition coefficient (Wildman–Crippen LogP) is 3.26. The minimum atomic E-state index is -0.544. The molecule has 0 aliphatic carbocycles. The Hall–Kier alpha value is -1.36. The van der Waals surface area contributed by atoms with Crippen LogP contribution in [0.3, 0.4) is 0 Å². The molecule has 2 rings (SSSR count). The molecule has 3 nitrogen and oxygen atoms in total. The van der Waals surface area contributed by atoms with Crippen molar-refractivity contribution in [1.82, 2.24) is 5.32 Å². The number of thiophene rings is 1. The van der Waals surface area contributed by atoms with Gasteiger partial charge < -0.3 is 10.4 Å². The van der Waals surface area contributed by atoms with Gasteiger partial charge in [-0.3, -0.25) is 4.79 Å². The molecule has 1 heterocycles. The Morgan fingerprint density at radius 3 is 2.84 bits per heavy atom. The zero-order chi connectivity index (χ0) is 13.7. The van der Waals surface area contributed by atoms with Crippen molar-refractivity contribution in [3.05, 3.63) is 57.2 Å². The van der Waals surface area contributed by atoms with Gasteiger partial charge in [0.1, 0.15) is 0 Å². The molecular formula is C14H14ClNO2S. The molecule has 2 aromatic rings. The van der Waals surface area contributed by atoms with Crippen LogP contribution in [-0.4, -0.2) is 17.6 Å². The van der Waals surface area contributed by atoms with Crippen LogP contribution in [0.4, 0.5) is 0 Å². The molecule has 0 saturated heterocycles. The molecule has 0 aliphatic heterocycles. The summed E-state index contributed by atoms with van der Waals surface area (Å²) in [6, 6.07) is 8.77. The van der Waals surface area contributed by atoms with Crippen molar-refractivity contribution < 1.29 is 9.90 Å². The molecule has 5 heteroatoms. The van der Waals surface area contributed by atoms with E-state index < -0.39 is 6.10 Å². The maximum Gasteiger partial charge on any atom is 0.252 e. The SMILES string of the molecule is O=C(NCC[C@@H](O)c1ccsc1)c1ccccc1Cl. The van der Waals surface area contributed by atoms with E-state index >= 15 is 0 Å². The van der Waals surface area contributed by atoms with Gasteiger partial charge in [-0.1, -0.05) is 23.7 Å². The maximum absolute atomic E-state index is 11.9. The lowest BCUT2D eigenvalue weighted by Crippen LogP contribution is -2.25. The molecule has 0 spiro atoms. The summed E-state index contributed by atoms with van der Waals surface area (Å²) in [5.41, 5.74) is 1.34.